The van der Waals surface area contributed by atoms with Crippen LogP contribution in [0.15, 0.2) is 70.2 Å². The van der Waals surface area contributed by atoms with Crippen LogP contribution >= 0.6 is 0 Å². The molecule has 0 spiro atoms. The third-order valence-corrected chi connectivity index (χ3v) is 5.77. The minimum Gasteiger partial charge on any atom is -0.495 e. The Morgan fingerprint density at radius 3 is 2.47 bits per heavy atom. The van der Waals surface area contributed by atoms with Gasteiger partial charge in [0.2, 0.25) is 0 Å². The zero-order chi connectivity index (χ0) is 23.1. The Balaban J connectivity index is 1.69. The normalized spacial score (nSPS) is 10.9. The average Bonchev–Trinajstić information content (AvgIpc) is 3.30. The number of ether oxygens (including phenoxy) is 2. The van der Waals surface area contributed by atoms with E-state index in [0.29, 0.717) is 11.4 Å². The second-order valence-electron chi connectivity index (χ2n) is 6.77. The zero-order valence-electron chi connectivity index (χ0n) is 17.5. The minimum atomic E-state index is -4.06. The Bertz CT molecular complexity index is 1190. The highest BCUT2D eigenvalue weighted by atomic mass is 32.2. The maximum atomic E-state index is 12.9. The quantitative estimate of drug-likeness (QED) is 0.473. The number of anilines is 1. The number of furan rings is 1. The Kier molecular flexibility index (Phi) is 7.16. The molecule has 0 atom stereocenters. The van der Waals surface area contributed by atoms with Crippen LogP contribution in [-0.4, -0.2) is 34.0 Å². The predicted molar refractivity (Wildman–Crippen MR) is 116 cm³/mol. The molecule has 3 rings (SSSR count). The summed E-state index contributed by atoms with van der Waals surface area (Å²) in [5, 5.41) is 2.54. The number of carbonyl (C=O) groups excluding carboxylic acids is 2. The average molecular weight is 458 g/mol. The van der Waals surface area contributed by atoms with Gasteiger partial charge >= 0.3 is 5.97 Å². The summed E-state index contributed by atoms with van der Waals surface area (Å²) < 4.78 is 43.5. The first kappa shape index (κ1) is 22.9. The first-order chi connectivity index (χ1) is 15.3. The summed E-state index contributed by atoms with van der Waals surface area (Å²) in [6, 6.07) is 14.0. The number of nitrogens with one attached hydrogen (secondary N) is 2. The second kappa shape index (κ2) is 10.0. The van der Waals surface area contributed by atoms with E-state index in [0.717, 1.165) is 11.6 Å². The summed E-state index contributed by atoms with van der Waals surface area (Å²) >= 11 is 0. The Labute approximate surface area is 185 Å². The maximum Gasteiger partial charge on any atom is 0.338 e. The van der Waals surface area contributed by atoms with E-state index in [1.165, 1.54) is 25.5 Å². The molecule has 2 aromatic carbocycles. The number of aryl methyl sites for hydroxylation is 1. The number of benzene rings is 2. The molecule has 10 heteroatoms. The summed E-state index contributed by atoms with van der Waals surface area (Å²) in [6.45, 7) is 1.50. The SMILES string of the molecule is COc1ccc(C(=O)OCC(=O)NCc2ccco2)cc1S(=O)(=O)Nc1ccc(C)cc1. The summed E-state index contributed by atoms with van der Waals surface area (Å²) in [7, 11) is -2.74. The van der Waals surface area contributed by atoms with Crippen LogP contribution in [0.3, 0.4) is 0 Å². The number of hydrogen-bond donors (Lipinski definition) is 2. The van der Waals surface area contributed by atoms with Crippen LogP contribution in [0, 0.1) is 6.92 Å². The van der Waals surface area contributed by atoms with Crippen LogP contribution in [0.1, 0.15) is 21.7 Å². The van der Waals surface area contributed by atoms with Gasteiger partial charge in [-0.3, -0.25) is 9.52 Å². The molecule has 1 aromatic heterocycles. The molecule has 0 bridgehead atoms. The molecule has 0 aliphatic heterocycles. The fraction of sp³-hybridized carbons (Fsp3) is 0.182. The van der Waals surface area contributed by atoms with Gasteiger partial charge < -0.3 is 19.2 Å². The van der Waals surface area contributed by atoms with Crippen molar-refractivity contribution in [3.05, 3.63) is 77.7 Å². The van der Waals surface area contributed by atoms with Crippen LogP contribution in [-0.2, 0) is 26.1 Å². The van der Waals surface area contributed by atoms with Crippen molar-refractivity contribution in [2.45, 2.75) is 18.4 Å². The largest absolute Gasteiger partial charge is 0.495 e. The minimum absolute atomic E-state index is 0.0473. The Morgan fingerprint density at radius 2 is 1.81 bits per heavy atom. The molecule has 1 amide bonds. The van der Waals surface area contributed by atoms with Crippen molar-refractivity contribution in [2.75, 3.05) is 18.4 Å². The van der Waals surface area contributed by atoms with Crippen molar-refractivity contribution >= 4 is 27.6 Å². The van der Waals surface area contributed by atoms with Gasteiger partial charge in [0.25, 0.3) is 15.9 Å². The Hall–Kier alpha value is -3.79. The van der Waals surface area contributed by atoms with Crippen LogP contribution in [0.2, 0.25) is 0 Å². The first-order valence-electron chi connectivity index (χ1n) is 9.52. The highest BCUT2D eigenvalue weighted by molar-refractivity contribution is 7.92. The molecule has 0 saturated carbocycles. The maximum absolute atomic E-state index is 12.9. The number of amides is 1. The zero-order valence-corrected chi connectivity index (χ0v) is 18.3. The molecule has 0 aliphatic rings. The number of rotatable bonds is 9. The summed E-state index contributed by atoms with van der Waals surface area (Å²) in [4.78, 5) is 24.0. The molecule has 0 saturated heterocycles. The number of hydrogen-bond acceptors (Lipinski definition) is 7. The van der Waals surface area contributed by atoms with Gasteiger partial charge in [-0.05, 0) is 49.4 Å². The molecule has 1 heterocycles. The molecule has 0 fully saturated rings. The summed E-state index contributed by atoms with van der Waals surface area (Å²) in [6.07, 6.45) is 1.48. The van der Waals surface area contributed by atoms with Crippen LogP contribution in [0.25, 0.3) is 0 Å². The second-order valence-corrected chi connectivity index (χ2v) is 8.42. The first-order valence-corrected chi connectivity index (χ1v) is 11.0. The fourth-order valence-electron chi connectivity index (χ4n) is 2.71. The topological polar surface area (TPSA) is 124 Å². The number of sulfonamides is 1. The molecule has 3 aromatic rings. The van der Waals surface area contributed by atoms with E-state index in [-0.39, 0.29) is 22.8 Å². The van der Waals surface area contributed by atoms with Crippen molar-refractivity contribution in [3.63, 3.8) is 0 Å². The highest BCUT2D eigenvalue weighted by Gasteiger charge is 2.23. The van der Waals surface area contributed by atoms with E-state index >= 15 is 0 Å². The molecule has 9 nitrogen and oxygen atoms in total. The van der Waals surface area contributed by atoms with Gasteiger partial charge in [-0.2, -0.15) is 0 Å². The van der Waals surface area contributed by atoms with Crippen LogP contribution in [0.5, 0.6) is 5.75 Å². The monoisotopic (exact) mass is 458 g/mol. The van der Waals surface area contributed by atoms with Crippen molar-refractivity contribution in [2.24, 2.45) is 0 Å². The summed E-state index contributed by atoms with van der Waals surface area (Å²) in [5.41, 5.74) is 1.29. The van der Waals surface area contributed by atoms with E-state index < -0.39 is 28.5 Å². The highest BCUT2D eigenvalue weighted by Crippen LogP contribution is 2.27. The van der Waals surface area contributed by atoms with Crippen LogP contribution < -0.4 is 14.8 Å². The van der Waals surface area contributed by atoms with Gasteiger partial charge in [0, 0.05) is 5.69 Å². The molecular weight excluding hydrogens is 436 g/mol. The molecule has 0 radical (unpaired) electrons. The number of methoxy groups -OCH3 is 1. The standard InChI is InChI=1S/C22H22N2O7S/c1-15-5-8-17(9-6-15)24-32(27,28)20-12-16(7-10-19(20)29-2)22(26)31-14-21(25)23-13-18-4-3-11-30-18/h3-12,24H,13-14H2,1-2H3,(H,23,25). The van der Waals surface area contributed by atoms with Gasteiger partial charge in [-0.25, -0.2) is 13.2 Å². The fourth-order valence-corrected chi connectivity index (χ4v) is 3.96. The van der Waals surface area contributed by atoms with Gasteiger partial charge in [-0.1, -0.05) is 17.7 Å². The van der Waals surface area contributed by atoms with E-state index in [1.807, 2.05) is 6.92 Å². The third kappa shape index (κ3) is 5.88. The molecule has 0 unspecified atom stereocenters. The van der Waals surface area contributed by atoms with E-state index in [9.17, 15) is 18.0 Å². The molecule has 32 heavy (non-hydrogen) atoms. The lowest BCUT2D eigenvalue weighted by atomic mass is 10.2. The third-order valence-electron chi connectivity index (χ3n) is 4.37. The Morgan fingerprint density at radius 1 is 1.06 bits per heavy atom. The predicted octanol–water partition coefficient (Wildman–Crippen LogP) is 2.87. The molecule has 2 N–H and O–H groups in total. The molecule has 168 valence electrons. The lowest BCUT2D eigenvalue weighted by Crippen LogP contribution is -2.28. The molecular formula is C22H22N2O7S. The van der Waals surface area contributed by atoms with Gasteiger partial charge in [-0.15, -0.1) is 0 Å². The van der Waals surface area contributed by atoms with Gasteiger partial charge in [0.15, 0.2) is 6.61 Å². The van der Waals surface area contributed by atoms with Crippen molar-refractivity contribution in [1.29, 1.82) is 0 Å². The van der Waals surface area contributed by atoms with Crippen molar-refractivity contribution in [1.82, 2.24) is 5.32 Å². The lowest BCUT2D eigenvalue weighted by molar-refractivity contribution is -0.124. The number of esters is 1. The molecule has 0 aliphatic carbocycles. The smallest absolute Gasteiger partial charge is 0.338 e. The summed E-state index contributed by atoms with van der Waals surface area (Å²) in [5.74, 6) is -0.780. The lowest BCUT2D eigenvalue weighted by Gasteiger charge is -2.13. The number of carbonyl (C=O) groups is 2. The van der Waals surface area contributed by atoms with Gasteiger partial charge in [0.05, 0.1) is 25.5 Å². The van der Waals surface area contributed by atoms with E-state index in [1.54, 1.807) is 36.4 Å². The van der Waals surface area contributed by atoms with Crippen molar-refractivity contribution < 1.29 is 31.9 Å². The van der Waals surface area contributed by atoms with Crippen LogP contribution in [0.4, 0.5) is 5.69 Å². The van der Waals surface area contributed by atoms with Crippen molar-refractivity contribution in [3.8, 4) is 5.75 Å². The van der Waals surface area contributed by atoms with E-state index in [2.05, 4.69) is 10.0 Å². The van der Waals surface area contributed by atoms with E-state index in [4.69, 9.17) is 13.9 Å². The van der Waals surface area contributed by atoms with Gasteiger partial charge in [0.1, 0.15) is 16.4 Å².